The second kappa shape index (κ2) is 11.1. The van der Waals surface area contributed by atoms with E-state index in [4.69, 9.17) is 16.3 Å². The first-order chi connectivity index (χ1) is 18.4. The molecular weight excluding hydrogens is 498 g/mol. The summed E-state index contributed by atoms with van der Waals surface area (Å²) in [6, 6.07) is 25.7. The van der Waals surface area contributed by atoms with Gasteiger partial charge in [-0.1, -0.05) is 29.8 Å². The Morgan fingerprint density at radius 2 is 1.66 bits per heavy atom. The summed E-state index contributed by atoms with van der Waals surface area (Å²) < 4.78 is 5.86. The summed E-state index contributed by atoms with van der Waals surface area (Å²) in [6.07, 6.45) is 4.06. The molecule has 0 spiro atoms. The predicted molar refractivity (Wildman–Crippen MR) is 150 cm³/mol. The molecule has 7 heteroatoms. The van der Waals surface area contributed by atoms with Crippen molar-refractivity contribution in [3.63, 3.8) is 0 Å². The van der Waals surface area contributed by atoms with Gasteiger partial charge in [-0.15, -0.1) is 0 Å². The molecule has 2 amide bonds. The molecule has 0 aliphatic carbocycles. The van der Waals surface area contributed by atoms with E-state index in [1.165, 1.54) is 0 Å². The van der Waals surface area contributed by atoms with E-state index in [1.54, 1.807) is 48.5 Å². The van der Waals surface area contributed by atoms with Crippen LogP contribution in [0.1, 0.15) is 47.8 Å². The largest absolute Gasteiger partial charge is 0.489 e. The lowest BCUT2D eigenvalue weighted by molar-refractivity contribution is -0.117. The molecular formula is C31H28ClN3O3. The van der Waals surface area contributed by atoms with Gasteiger partial charge >= 0.3 is 0 Å². The molecule has 1 aromatic heterocycles. The van der Waals surface area contributed by atoms with Crippen LogP contribution in [0, 0.1) is 0 Å². The van der Waals surface area contributed by atoms with Crippen LogP contribution in [-0.2, 0) is 11.4 Å². The molecule has 5 rings (SSSR count). The van der Waals surface area contributed by atoms with Gasteiger partial charge in [-0.3, -0.25) is 14.6 Å². The van der Waals surface area contributed by atoms with Crippen LogP contribution in [0.15, 0.2) is 97.3 Å². The molecule has 0 unspecified atom stereocenters. The topological polar surface area (TPSA) is 62.7 Å². The van der Waals surface area contributed by atoms with Crippen LogP contribution in [0.5, 0.6) is 5.75 Å². The van der Waals surface area contributed by atoms with Crippen LogP contribution in [-0.4, -0.2) is 22.8 Å². The molecule has 2 atom stereocenters. The average Bonchev–Trinajstić information content (AvgIpc) is 2.93. The summed E-state index contributed by atoms with van der Waals surface area (Å²) in [6.45, 7) is 4.01. The number of anilines is 2. The fourth-order valence-corrected chi connectivity index (χ4v) is 5.12. The van der Waals surface area contributed by atoms with Crippen LogP contribution in [0.25, 0.3) is 0 Å². The minimum atomic E-state index is -0.215. The number of ether oxygens (including phenoxy) is 1. The first kappa shape index (κ1) is 25.5. The Balaban J connectivity index is 1.40. The van der Waals surface area contributed by atoms with Crippen molar-refractivity contribution < 1.29 is 14.3 Å². The number of fused-ring (bicyclic) bond motifs is 1. The third-order valence-corrected chi connectivity index (χ3v) is 7.04. The highest BCUT2D eigenvalue weighted by molar-refractivity contribution is 6.30. The lowest BCUT2D eigenvalue weighted by Gasteiger charge is -2.43. The smallest absolute Gasteiger partial charge is 0.258 e. The first-order valence-corrected chi connectivity index (χ1v) is 12.9. The van der Waals surface area contributed by atoms with Gasteiger partial charge < -0.3 is 14.5 Å². The second-order valence-corrected chi connectivity index (χ2v) is 9.80. The fraction of sp³-hybridized carbons (Fsp3) is 0.194. The summed E-state index contributed by atoms with van der Waals surface area (Å²) in [5.41, 5.74) is 4.10. The molecule has 0 radical (unpaired) electrons. The molecule has 2 heterocycles. The van der Waals surface area contributed by atoms with E-state index in [2.05, 4.69) is 4.98 Å². The number of para-hydroxylation sites is 1. The number of halogens is 1. The fourth-order valence-electron chi connectivity index (χ4n) is 5.00. The monoisotopic (exact) mass is 525 g/mol. The summed E-state index contributed by atoms with van der Waals surface area (Å²) in [5, 5.41) is 0.611. The zero-order valence-electron chi connectivity index (χ0n) is 21.3. The molecule has 38 heavy (non-hydrogen) atoms. The first-order valence-electron chi connectivity index (χ1n) is 12.5. The van der Waals surface area contributed by atoms with E-state index < -0.39 is 0 Å². The second-order valence-electron chi connectivity index (χ2n) is 9.37. The Morgan fingerprint density at radius 3 is 2.34 bits per heavy atom. The van der Waals surface area contributed by atoms with E-state index in [9.17, 15) is 9.59 Å². The molecule has 0 N–H and O–H groups in total. The molecule has 0 fully saturated rings. The Labute approximate surface area is 227 Å². The van der Waals surface area contributed by atoms with Crippen molar-refractivity contribution in [1.29, 1.82) is 0 Å². The van der Waals surface area contributed by atoms with Crippen LogP contribution in [0.2, 0.25) is 5.02 Å². The van der Waals surface area contributed by atoms with E-state index in [-0.39, 0.29) is 23.9 Å². The van der Waals surface area contributed by atoms with Gasteiger partial charge in [0.1, 0.15) is 12.4 Å². The molecule has 1 aliphatic rings. The Morgan fingerprint density at radius 1 is 0.974 bits per heavy atom. The van der Waals surface area contributed by atoms with Crippen molar-refractivity contribution in [2.45, 2.75) is 39.0 Å². The van der Waals surface area contributed by atoms with Crippen LogP contribution < -0.4 is 14.5 Å². The summed E-state index contributed by atoms with van der Waals surface area (Å²) >= 11 is 6.10. The number of aromatic nitrogens is 1. The van der Waals surface area contributed by atoms with Gasteiger partial charge in [-0.2, -0.15) is 0 Å². The van der Waals surface area contributed by atoms with Crippen LogP contribution in [0.4, 0.5) is 11.4 Å². The number of hydrogen-bond acceptors (Lipinski definition) is 4. The highest BCUT2D eigenvalue weighted by Gasteiger charge is 2.38. The number of nitrogens with zero attached hydrogens (tertiary/aromatic N) is 3. The van der Waals surface area contributed by atoms with Gasteiger partial charge in [0.25, 0.3) is 5.91 Å². The number of benzene rings is 3. The standard InChI is InChI=1S/C31H28ClN3O3/c1-21-19-30(35(22(2)36)26-11-9-25(32)10-12-26)28-5-3-4-6-29(28)34(21)31(37)24-7-13-27(14-8-24)38-20-23-15-17-33-18-16-23/h3-18,21,30H,19-20H2,1-2H3/t21-,30+/m0/s1. The highest BCUT2D eigenvalue weighted by Crippen LogP contribution is 2.43. The van der Waals surface area contributed by atoms with Gasteiger partial charge in [0.15, 0.2) is 0 Å². The summed E-state index contributed by atoms with van der Waals surface area (Å²) in [7, 11) is 0. The zero-order chi connectivity index (χ0) is 26.6. The minimum absolute atomic E-state index is 0.0681. The molecule has 6 nitrogen and oxygen atoms in total. The molecule has 1 aliphatic heterocycles. The van der Waals surface area contributed by atoms with Crippen LogP contribution in [0.3, 0.4) is 0 Å². The van der Waals surface area contributed by atoms with Crippen molar-refractivity contribution in [3.05, 3.63) is 119 Å². The number of pyridine rings is 1. The number of rotatable bonds is 6. The van der Waals surface area contributed by atoms with Crippen molar-refractivity contribution in [2.75, 3.05) is 9.80 Å². The van der Waals surface area contributed by atoms with Gasteiger partial charge in [0.2, 0.25) is 5.91 Å². The number of carbonyl (C=O) groups is 2. The quantitative estimate of drug-likeness (QED) is 0.276. The normalized spacial score (nSPS) is 16.4. The van der Waals surface area contributed by atoms with Crippen molar-refractivity contribution >= 4 is 34.8 Å². The molecule has 0 saturated heterocycles. The lowest BCUT2D eigenvalue weighted by Crippen LogP contribution is -2.47. The molecule has 0 saturated carbocycles. The SMILES string of the molecule is CC(=O)N(c1ccc(Cl)cc1)[C@@H]1C[C@H](C)N(C(=O)c2ccc(OCc3ccncc3)cc2)c2ccccc21. The number of amides is 2. The van der Waals surface area contributed by atoms with E-state index in [0.29, 0.717) is 29.4 Å². The van der Waals surface area contributed by atoms with E-state index >= 15 is 0 Å². The van der Waals surface area contributed by atoms with Gasteiger partial charge in [0.05, 0.1) is 6.04 Å². The number of carbonyl (C=O) groups excluding carboxylic acids is 2. The Hall–Kier alpha value is -4.16. The van der Waals surface area contributed by atoms with Gasteiger partial charge in [-0.25, -0.2) is 0 Å². The Bertz CT molecular complexity index is 1430. The third-order valence-electron chi connectivity index (χ3n) is 6.79. The molecule has 192 valence electrons. The van der Waals surface area contributed by atoms with E-state index in [1.807, 2.05) is 72.5 Å². The molecule has 0 bridgehead atoms. The predicted octanol–water partition coefficient (Wildman–Crippen LogP) is 6.85. The van der Waals surface area contributed by atoms with Crippen molar-refractivity contribution in [3.8, 4) is 5.75 Å². The van der Waals surface area contributed by atoms with Gasteiger partial charge in [0, 0.05) is 47.3 Å². The molecule has 4 aromatic rings. The summed E-state index contributed by atoms with van der Waals surface area (Å²) in [4.78, 5) is 34.3. The maximum atomic E-state index is 13.8. The van der Waals surface area contributed by atoms with Gasteiger partial charge in [-0.05, 0) is 91.2 Å². The van der Waals surface area contributed by atoms with Crippen molar-refractivity contribution in [2.24, 2.45) is 0 Å². The van der Waals surface area contributed by atoms with E-state index in [0.717, 1.165) is 22.5 Å². The Kier molecular flexibility index (Phi) is 7.43. The minimum Gasteiger partial charge on any atom is -0.489 e. The maximum absolute atomic E-state index is 13.8. The molecule has 3 aromatic carbocycles. The third kappa shape index (κ3) is 5.27. The zero-order valence-corrected chi connectivity index (χ0v) is 22.0. The highest BCUT2D eigenvalue weighted by atomic mass is 35.5. The lowest BCUT2D eigenvalue weighted by atomic mass is 9.89. The average molecular weight is 526 g/mol. The summed E-state index contributed by atoms with van der Waals surface area (Å²) in [5.74, 6) is 0.525. The number of hydrogen-bond donors (Lipinski definition) is 0. The van der Waals surface area contributed by atoms with Crippen molar-refractivity contribution in [1.82, 2.24) is 4.98 Å². The van der Waals surface area contributed by atoms with Crippen LogP contribution >= 0.6 is 11.6 Å². The maximum Gasteiger partial charge on any atom is 0.258 e.